The van der Waals surface area contributed by atoms with Gasteiger partial charge in [0.05, 0.1) is 18.0 Å². The van der Waals surface area contributed by atoms with Gasteiger partial charge in [-0.05, 0) is 41.5 Å². The van der Waals surface area contributed by atoms with Gasteiger partial charge in [-0.15, -0.1) is 11.3 Å². The highest BCUT2D eigenvalue weighted by Gasteiger charge is 2.31. The summed E-state index contributed by atoms with van der Waals surface area (Å²) < 4.78 is 5.54. The lowest BCUT2D eigenvalue weighted by Gasteiger charge is -2.14. The number of thiazole rings is 1. The average molecular weight is 492 g/mol. The average Bonchev–Trinajstić information content (AvgIpc) is 3.56. The topological polar surface area (TPSA) is 118 Å². The van der Waals surface area contributed by atoms with Crippen LogP contribution in [0, 0.1) is 5.92 Å². The second-order valence-electron chi connectivity index (χ2n) is 8.88. The van der Waals surface area contributed by atoms with Crippen LogP contribution in [0.1, 0.15) is 42.0 Å². The number of nitrogens with one attached hydrogen (secondary N) is 2. The number of rotatable bonds is 7. The van der Waals surface area contributed by atoms with Crippen molar-refractivity contribution in [2.24, 2.45) is 5.92 Å². The Morgan fingerprint density at radius 1 is 1.03 bits per heavy atom. The molecule has 9 heteroatoms. The van der Waals surface area contributed by atoms with Crippen LogP contribution in [0.15, 0.2) is 53.9 Å². The highest BCUT2D eigenvalue weighted by molar-refractivity contribution is 7.13. The predicted molar refractivity (Wildman–Crippen MR) is 131 cm³/mol. The van der Waals surface area contributed by atoms with E-state index in [1.54, 1.807) is 5.38 Å². The van der Waals surface area contributed by atoms with Gasteiger partial charge in [0.1, 0.15) is 6.61 Å². The zero-order valence-electron chi connectivity index (χ0n) is 18.9. The molecule has 2 aliphatic carbocycles. The summed E-state index contributed by atoms with van der Waals surface area (Å²) in [5.41, 5.74) is 5.14. The van der Waals surface area contributed by atoms with Crippen molar-refractivity contribution in [3.63, 3.8) is 0 Å². The number of hydrogen-bond donors (Lipinski definition) is 3. The third-order valence-electron chi connectivity index (χ3n) is 6.59. The summed E-state index contributed by atoms with van der Waals surface area (Å²) in [6, 6.07) is 16.2. The van der Waals surface area contributed by atoms with Gasteiger partial charge < -0.3 is 15.2 Å². The van der Waals surface area contributed by atoms with Crippen LogP contribution in [0.3, 0.4) is 0 Å². The van der Waals surface area contributed by atoms with Crippen molar-refractivity contribution in [3.05, 3.63) is 70.7 Å². The van der Waals surface area contributed by atoms with Crippen LogP contribution in [0.5, 0.6) is 0 Å². The lowest BCUT2D eigenvalue weighted by Crippen LogP contribution is -2.34. The van der Waals surface area contributed by atoms with Gasteiger partial charge in [-0.2, -0.15) is 0 Å². The number of anilines is 1. The first kappa shape index (κ1) is 23.0. The molecule has 3 N–H and O–H groups in total. The molecule has 8 nitrogen and oxygen atoms in total. The second kappa shape index (κ2) is 9.87. The van der Waals surface area contributed by atoms with E-state index >= 15 is 0 Å². The Hall–Kier alpha value is -3.72. The molecular weight excluding hydrogens is 466 g/mol. The summed E-state index contributed by atoms with van der Waals surface area (Å²) in [5.74, 6) is -1.45. The first-order valence-electron chi connectivity index (χ1n) is 11.6. The fourth-order valence-electron chi connectivity index (χ4n) is 4.95. The van der Waals surface area contributed by atoms with E-state index in [1.165, 1.54) is 11.3 Å². The molecule has 1 saturated carbocycles. The molecule has 3 aromatic rings. The molecule has 2 aliphatic rings. The minimum absolute atomic E-state index is 0.0278. The first-order chi connectivity index (χ1) is 17.0. The number of carboxylic acid groups (broad SMARTS) is 1. The van der Waals surface area contributed by atoms with E-state index in [0.717, 1.165) is 22.3 Å². The van der Waals surface area contributed by atoms with Crippen LogP contribution in [0.25, 0.3) is 11.1 Å². The molecule has 2 aromatic carbocycles. The van der Waals surface area contributed by atoms with Crippen molar-refractivity contribution in [3.8, 4) is 11.1 Å². The van der Waals surface area contributed by atoms with Gasteiger partial charge >= 0.3 is 12.1 Å². The van der Waals surface area contributed by atoms with Crippen molar-refractivity contribution >= 4 is 34.4 Å². The van der Waals surface area contributed by atoms with E-state index in [9.17, 15) is 14.4 Å². The number of amides is 2. The van der Waals surface area contributed by atoms with E-state index in [0.29, 0.717) is 30.1 Å². The van der Waals surface area contributed by atoms with Crippen molar-refractivity contribution in [1.29, 1.82) is 0 Å². The van der Waals surface area contributed by atoms with E-state index in [1.807, 2.05) is 24.3 Å². The lowest BCUT2D eigenvalue weighted by molar-refractivity contribution is -0.141. The maximum absolute atomic E-state index is 12.4. The maximum atomic E-state index is 12.4. The molecule has 0 saturated heterocycles. The third-order valence-corrected chi connectivity index (χ3v) is 7.40. The zero-order chi connectivity index (χ0) is 24.4. The molecule has 0 bridgehead atoms. The summed E-state index contributed by atoms with van der Waals surface area (Å²) in [7, 11) is 0. The Morgan fingerprint density at radius 3 is 2.37 bits per heavy atom. The summed E-state index contributed by atoms with van der Waals surface area (Å²) >= 11 is 1.22. The predicted octanol–water partition coefficient (Wildman–Crippen LogP) is 4.42. The highest BCUT2D eigenvalue weighted by atomic mass is 32.1. The normalized spacial score (nSPS) is 18.5. The van der Waals surface area contributed by atoms with Gasteiger partial charge in [0.25, 0.3) is 0 Å². The standard InChI is InChI=1S/C26H25N3O5S/c30-23(27-16-10-9-15(11-16)24(31)32)12-17-14-35-25(28-17)29-26(33)34-13-22-20-7-3-1-5-18(20)19-6-2-4-8-21(19)22/h1-8,14-16,22H,9-13H2,(H,27,30)(H,31,32)(H,28,29,33)/t15-,16+/m1/s1. The smallest absolute Gasteiger partial charge is 0.413 e. The van der Waals surface area contributed by atoms with Crippen LogP contribution in [0.2, 0.25) is 0 Å². The van der Waals surface area contributed by atoms with Crippen LogP contribution < -0.4 is 10.6 Å². The molecule has 35 heavy (non-hydrogen) atoms. The van der Waals surface area contributed by atoms with Crippen molar-refractivity contribution < 1.29 is 24.2 Å². The van der Waals surface area contributed by atoms with Crippen LogP contribution in [0.4, 0.5) is 9.93 Å². The molecule has 5 rings (SSSR count). The molecule has 2 amide bonds. The van der Waals surface area contributed by atoms with Gasteiger partial charge in [0.15, 0.2) is 5.13 Å². The fourth-order valence-corrected chi connectivity index (χ4v) is 5.64. The van der Waals surface area contributed by atoms with Gasteiger partial charge in [0, 0.05) is 17.3 Å². The van der Waals surface area contributed by atoms with Crippen molar-refractivity contribution in [1.82, 2.24) is 10.3 Å². The van der Waals surface area contributed by atoms with Crippen molar-refractivity contribution in [2.75, 3.05) is 11.9 Å². The minimum Gasteiger partial charge on any atom is -0.481 e. The number of carbonyl (C=O) groups excluding carboxylic acids is 2. The molecule has 2 atom stereocenters. The SMILES string of the molecule is O=C(Cc1csc(NC(=O)OCC2c3ccccc3-c3ccccc32)n1)N[C@H]1CC[C@@H](C(=O)O)C1. The number of aliphatic carboxylic acids is 1. The Kier molecular flexibility index (Phi) is 6.50. The van der Waals surface area contributed by atoms with E-state index < -0.39 is 18.0 Å². The molecule has 0 unspecified atom stereocenters. The molecule has 0 radical (unpaired) electrons. The number of nitrogens with zero attached hydrogens (tertiary/aromatic N) is 1. The number of ether oxygens (including phenoxy) is 1. The Morgan fingerprint density at radius 2 is 1.71 bits per heavy atom. The van der Waals surface area contributed by atoms with Crippen LogP contribution >= 0.6 is 11.3 Å². The lowest BCUT2D eigenvalue weighted by atomic mass is 9.98. The molecule has 1 aromatic heterocycles. The number of hydrogen-bond acceptors (Lipinski definition) is 6. The van der Waals surface area contributed by atoms with Crippen molar-refractivity contribution in [2.45, 2.75) is 37.6 Å². The molecular formula is C26H25N3O5S. The summed E-state index contributed by atoms with van der Waals surface area (Å²) in [6.45, 7) is 0.208. The Bertz CT molecular complexity index is 1230. The maximum Gasteiger partial charge on any atom is 0.413 e. The molecule has 0 spiro atoms. The van der Waals surface area contributed by atoms with Gasteiger partial charge in [-0.3, -0.25) is 14.9 Å². The Labute approximate surface area is 206 Å². The van der Waals surface area contributed by atoms with Gasteiger partial charge in [-0.25, -0.2) is 9.78 Å². The zero-order valence-corrected chi connectivity index (χ0v) is 19.7. The summed E-state index contributed by atoms with van der Waals surface area (Å²) in [4.78, 5) is 40.2. The molecule has 1 heterocycles. The summed E-state index contributed by atoms with van der Waals surface area (Å²) in [5, 5.41) is 16.7. The monoisotopic (exact) mass is 491 g/mol. The number of carbonyl (C=O) groups is 3. The Balaban J connectivity index is 1.13. The van der Waals surface area contributed by atoms with Gasteiger partial charge in [-0.1, -0.05) is 48.5 Å². The van der Waals surface area contributed by atoms with E-state index in [4.69, 9.17) is 9.84 Å². The van der Waals surface area contributed by atoms with Gasteiger partial charge in [0.2, 0.25) is 5.91 Å². The number of aromatic nitrogens is 1. The molecule has 0 aliphatic heterocycles. The fraction of sp³-hybridized carbons (Fsp3) is 0.308. The molecule has 1 fully saturated rings. The third kappa shape index (κ3) is 5.05. The number of fused-ring (bicyclic) bond motifs is 3. The number of carboxylic acids is 1. The van der Waals surface area contributed by atoms with Crippen LogP contribution in [-0.2, 0) is 20.7 Å². The molecule has 180 valence electrons. The summed E-state index contributed by atoms with van der Waals surface area (Å²) in [6.07, 6.45) is 1.16. The van der Waals surface area contributed by atoms with E-state index in [2.05, 4.69) is 39.9 Å². The quantitative estimate of drug-likeness (QED) is 0.451. The van der Waals surface area contributed by atoms with Crippen LogP contribution in [-0.4, -0.2) is 40.7 Å². The van der Waals surface area contributed by atoms with E-state index in [-0.39, 0.29) is 30.9 Å². The second-order valence-corrected chi connectivity index (χ2v) is 9.74. The minimum atomic E-state index is -0.815. The first-order valence-corrected chi connectivity index (χ1v) is 12.4. The highest BCUT2D eigenvalue weighted by Crippen LogP contribution is 2.44. The number of benzene rings is 2. The largest absolute Gasteiger partial charge is 0.481 e.